The fourth-order valence-electron chi connectivity index (χ4n) is 2.90. The van der Waals surface area contributed by atoms with Crippen molar-refractivity contribution in [1.29, 1.82) is 0 Å². The molecule has 2 nitrogen and oxygen atoms in total. The van der Waals surface area contributed by atoms with Crippen molar-refractivity contribution in [3.8, 4) is 0 Å². The quantitative estimate of drug-likeness (QED) is 0.799. The van der Waals surface area contributed by atoms with E-state index in [1.807, 2.05) is 11.8 Å². The van der Waals surface area contributed by atoms with E-state index >= 15 is 0 Å². The molecule has 1 aromatic carbocycles. The third-order valence-electron chi connectivity index (χ3n) is 4.21. The zero-order valence-electron chi connectivity index (χ0n) is 12.7. The van der Waals surface area contributed by atoms with E-state index in [9.17, 15) is 5.11 Å². The lowest BCUT2D eigenvalue weighted by Gasteiger charge is -2.33. The minimum atomic E-state index is -0.329. The zero-order valence-corrected chi connectivity index (χ0v) is 13.5. The number of nitrogens with zero attached hydrogens (tertiary/aromatic N) is 1. The van der Waals surface area contributed by atoms with E-state index in [1.165, 1.54) is 30.7 Å². The summed E-state index contributed by atoms with van der Waals surface area (Å²) in [5, 5.41) is 10.3. The van der Waals surface area contributed by atoms with Crippen LogP contribution in [0, 0.1) is 0 Å². The molecule has 0 spiro atoms. The minimum Gasteiger partial charge on any atom is -0.388 e. The van der Waals surface area contributed by atoms with Gasteiger partial charge in [0, 0.05) is 17.5 Å². The van der Waals surface area contributed by atoms with E-state index < -0.39 is 0 Å². The standard InChI is InChI=1S/C17H27NOS/c1-3-20-16-9-7-15(8-10-16)17(19)11-13-18-12-5-4-6-14(18)2/h7-10,14,17,19H,3-6,11-13H2,1-2H3. The largest absolute Gasteiger partial charge is 0.388 e. The lowest BCUT2D eigenvalue weighted by Crippen LogP contribution is -2.38. The van der Waals surface area contributed by atoms with Crippen LogP contribution in [0.3, 0.4) is 0 Å². The summed E-state index contributed by atoms with van der Waals surface area (Å²) in [5.74, 6) is 1.09. The van der Waals surface area contributed by atoms with Gasteiger partial charge in [-0.05, 0) is 56.2 Å². The highest BCUT2D eigenvalue weighted by Crippen LogP contribution is 2.24. The van der Waals surface area contributed by atoms with Gasteiger partial charge in [0.15, 0.2) is 0 Å². The van der Waals surface area contributed by atoms with Crippen molar-refractivity contribution in [1.82, 2.24) is 4.90 Å². The Bertz CT molecular complexity index is 392. The molecule has 1 fully saturated rings. The molecule has 1 N–H and O–H groups in total. The van der Waals surface area contributed by atoms with E-state index in [4.69, 9.17) is 0 Å². The maximum absolute atomic E-state index is 10.3. The van der Waals surface area contributed by atoms with E-state index in [1.54, 1.807) is 0 Å². The van der Waals surface area contributed by atoms with Crippen LogP contribution < -0.4 is 0 Å². The molecule has 2 atom stereocenters. The summed E-state index contributed by atoms with van der Waals surface area (Å²) in [6, 6.07) is 9.07. The summed E-state index contributed by atoms with van der Waals surface area (Å²) in [4.78, 5) is 3.81. The molecule has 0 amide bonds. The van der Waals surface area contributed by atoms with Crippen molar-refractivity contribution in [2.45, 2.75) is 56.6 Å². The first-order chi connectivity index (χ1) is 9.70. The van der Waals surface area contributed by atoms with E-state index in [0.29, 0.717) is 6.04 Å². The number of likely N-dealkylation sites (tertiary alicyclic amines) is 1. The van der Waals surface area contributed by atoms with Crippen molar-refractivity contribution >= 4 is 11.8 Å². The number of hydrogen-bond donors (Lipinski definition) is 1. The minimum absolute atomic E-state index is 0.329. The Morgan fingerprint density at radius 3 is 2.70 bits per heavy atom. The molecule has 20 heavy (non-hydrogen) atoms. The van der Waals surface area contributed by atoms with Crippen LogP contribution in [0.5, 0.6) is 0 Å². The number of piperidine rings is 1. The molecule has 2 unspecified atom stereocenters. The molecule has 2 rings (SSSR count). The fraction of sp³-hybridized carbons (Fsp3) is 0.647. The molecule has 1 aliphatic rings. The molecule has 0 saturated carbocycles. The summed E-state index contributed by atoms with van der Waals surface area (Å²) < 4.78 is 0. The summed E-state index contributed by atoms with van der Waals surface area (Å²) in [6.07, 6.45) is 4.48. The fourth-order valence-corrected chi connectivity index (χ4v) is 3.56. The Morgan fingerprint density at radius 1 is 1.30 bits per heavy atom. The van der Waals surface area contributed by atoms with Crippen molar-refractivity contribution in [2.24, 2.45) is 0 Å². The van der Waals surface area contributed by atoms with Gasteiger partial charge in [0.05, 0.1) is 6.10 Å². The molecule has 0 radical (unpaired) electrons. The second-order valence-electron chi connectivity index (χ2n) is 5.69. The van der Waals surface area contributed by atoms with Crippen LogP contribution in [0.1, 0.15) is 51.2 Å². The number of benzene rings is 1. The van der Waals surface area contributed by atoms with Crippen LogP contribution in [-0.4, -0.2) is 34.9 Å². The van der Waals surface area contributed by atoms with Gasteiger partial charge in [0.2, 0.25) is 0 Å². The van der Waals surface area contributed by atoms with Crippen LogP contribution in [0.25, 0.3) is 0 Å². The van der Waals surface area contributed by atoms with Crippen molar-refractivity contribution in [2.75, 3.05) is 18.8 Å². The van der Waals surface area contributed by atoms with E-state index in [2.05, 4.69) is 43.0 Å². The Kier molecular flexibility index (Phi) is 6.40. The highest BCUT2D eigenvalue weighted by molar-refractivity contribution is 7.99. The second-order valence-corrected chi connectivity index (χ2v) is 7.02. The molecular formula is C17H27NOS. The molecule has 1 saturated heterocycles. The Labute approximate surface area is 127 Å². The topological polar surface area (TPSA) is 23.5 Å². The lowest BCUT2D eigenvalue weighted by molar-refractivity contribution is 0.109. The van der Waals surface area contributed by atoms with Gasteiger partial charge in [0.1, 0.15) is 0 Å². The summed E-state index contributed by atoms with van der Waals surface area (Å²) in [7, 11) is 0. The molecule has 0 aromatic heterocycles. The van der Waals surface area contributed by atoms with Crippen LogP contribution in [0.4, 0.5) is 0 Å². The Morgan fingerprint density at radius 2 is 2.05 bits per heavy atom. The first-order valence-electron chi connectivity index (χ1n) is 7.85. The predicted octanol–water partition coefficient (Wildman–Crippen LogP) is 4.10. The Balaban J connectivity index is 1.83. The number of hydrogen-bond acceptors (Lipinski definition) is 3. The number of aliphatic hydroxyl groups is 1. The third kappa shape index (κ3) is 4.51. The molecule has 0 aliphatic carbocycles. The molecule has 112 valence electrons. The Hall–Kier alpha value is -0.510. The van der Waals surface area contributed by atoms with E-state index in [0.717, 1.165) is 24.3 Å². The van der Waals surface area contributed by atoms with Crippen LogP contribution in [0.15, 0.2) is 29.2 Å². The second kappa shape index (κ2) is 8.06. The van der Waals surface area contributed by atoms with Gasteiger partial charge in [-0.1, -0.05) is 25.5 Å². The zero-order chi connectivity index (χ0) is 14.4. The monoisotopic (exact) mass is 293 g/mol. The van der Waals surface area contributed by atoms with E-state index in [-0.39, 0.29) is 6.10 Å². The van der Waals surface area contributed by atoms with Gasteiger partial charge < -0.3 is 10.0 Å². The lowest BCUT2D eigenvalue weighted by atomic mass is 10.0. The molecule has 1 heterocycles. The van der Waals surface area contributed by atoms with Gasteiger partial charge in [-0.3, -0.25) is 0 Å². The third-order valence-corrected chi connectivity index (χ3v) is 5.10. The average molecular weight is 293 g/mol. The van der Waals surface area contributed by atoms with Gasteiger partial charge in [-0.2, -0.15) is 0 Å². The number of aliphatic hydroxyl groups excluding tert-OH is 1. The van der Waals surface area contributed by atoms with Crippen molar-refractivity contribution in [3.63, 3.8) is 0 Å². The van der Waals surface area contributed by atoms with Gasteiger partial charge in [0.25, 0.3) is 0 Å². The summed E-state index contributed by atoms with van der Waals surface area (Å²) in [6.45, 7) is 6.67. The smallest absolute Gasteiger partial charge is 0.0802 e. The first kappa shape index (κ1) is 15.9. The molecular weight excluding hydrogens is 266 g/mol. The van der Waals surface area contributed by atoms with Crippen LogP contribution >= 0.6 is 11.8 Å². The molecule has 1 aromatic rings. The SMILES string of the molecule is CCSc1ccc(C(O)CCN2CCCCC2C)cc1. The maximum Gasteiger partial charge on any atom is 0.0802 e. The van der Waals surface area contributed by atoms with Crippen LogP contribution in [0.2, 0.25) is 0 Å². The van der Waals surface area contributed by atoms with Crippen molar-refractivity contribution < 1.29 is 5.11 Å². The van der Waals surface area contributed by atoms with Gasteiger partial charge in [-0.25, -0.2) is 0 Å². The molecule has 0 bridgehead atoms. The van der Waals surface area contributed by atoms with Crippen LogP contribution in [-0.2, 0) is 0 Å². The average Bonchev–Trinajstić information content (AvgIpc) is 2.47. The number of thioether (sulfide) groups is 1. The highest BCUT2D eigenvalue weighted by atomic mass is 32.2. The summed E-state index contributed by atoms with van der Waals surface area (Å²) >= 11 is 1.84. The summed E-state index contributed by atoms with van der Waals surface area (Å²) in [5.41, 5.74) is 1.05. The number of rotatable bonds is 6. The predicted molar refractivity (Wildman–Crippen MR) is 87.3 cm³/mol. The normalized spacial score (nSPS) is 21.9. The maximum atomic E-state index is 10.3. The molecule has 1 aliphatic heterocycles. The molecule has 3 heteroatoms. The van der Waals surface area contributed by atoms with Crippen molar-refractivity contribution in [3.05, 3.63) is 29.8 Å². The van der Waals surface area contributed by atoms with Gasteiger partial charge >= 0.3 is 0 Å². The van der Waals surface area contributed by atoms with Gasteiger partial charge in [-0.15, -0.1) is 11.8 Å². The highest BCUT2D eigenvalue weighted by Gasteiger charge is 2.19. The first-order valence-corrected chi connectivity index (χ1v) is 8.84.